The minimum absolute atomic E-state index is 0.0826. The van der Waals surface area contributed by atoms with Crippen molar-refractivity contribution in [2.45, 2.75) is 19.4 Å². The van der Waals surface area contributed by atoms with Crippen LogP contribution in [0.3, 0.4) is 0 Å². The van der Waals surface area contributed by atoms with Crippen molar-refractivity contribution in [3.63, 3.8) is 0 Å². The highest BCUT2D eigenvalue weighted by Gasteiger charge is 2.19. The third kappa shape index (κ3) is 4.57. The normalized spacial score (nSPS) is 14.6. The molecule has 2 heterocycles. The maximum absolute atomic E-state index is 13.0. The molecule has 1 aliphatic rings. The number of hydrogen-bond acceptors (Lipinski definition) is 3. The maximum Gasteiger partial charge on any atom is 0.254 e. The highest BCUT2D eigenvalue weighted by atomic mass is 16.2. The number of aromatic nitrogens is 1. The molecule has 0 bridgehead atoms. The molecule has 1 aromatic heterocycles. The van der Waals surface area contributed by atoms with Crippen LogP contribution in [0.15, 0.2) is 53.5 Å². The Hall–Kier alpha value is -2.40. The van der Waals surface area contributed by atoms with Crippen LogP contribution in [0.5, 0.6) is 0 Å². The van der Waals surface area contributed by atoms with Crippen molar-refractivity contribution >= 4 is 5.91 Å². The molecule has 1 saturated heterocycles. The fraction of sp³-hybridized carbons (Fsp3) is 0.400. The van der Waals surface area contributed by atoms with Crippen molar-refractivity contribution < 1.29 is 4.79 Å². The van der Waals surface area contributed by atoms with Crippen molar-refractivity contribution in [2.24, 2.45) is 7.05 Å². The molecule has 0 saturated carbocycles. The smallest absolute Gasteiger partial charge is 0.254 e. The minimum Gasteiger partial charge on any atom is -0.333 e. The lowest BCUT2D eigenvalue weighted by Crippen LogP contribution is -2.38. The molecular weight excluding hydrogens is 314 g/mol. The number of amides is 1. The first-order valence-corrected chi connectivity index (χ1v) is 8.86. The summed E-state index contributed by atoms with van der Waals surface area (Å²) in [6.45, 7) is 4.33. The highest BCUT2D eigenvalue weighted by Crippen LogP contribution is 2.11. The summed E-state index contributed by atoms with van der Waals surface area (Å²) in [6.07, 6.45) is 4.12. The molecule has 0 atom stereocenters. The van der Waals surface area contributed by atoms with Crippen molar-refractivity contribution in [1.29, 1.82) is 0 Å². The van der Waals surface area contributed by atoms with E-state index in [-0.39, 0.29) is 11.5 Å². The summed E-state index contributed by atoms with van der Waals surface area (Å²) in [7, 11) is 1.69. The number of likely N-dealkylation sites (tertiary alicyclic amines) is 1. The van der Waals surface area contributed by atoms with Gasteiger partial charge in [0.1, 0.15) is 0 Å². The lowest BCUT2D eigenvalue weighted by Gasteiger charge is -2.26. The molecule has 5 nitrogen and oxygen atoms in total. The maximum atomic E-state index is 13.0. The van der Waals surface area contributed by atoms with Crippen LogP contribution in [-0.4, -0.2) is 46.5 Å². The predicted octanol–water partition coefficient (Wildman–Crippen LogP) is 2.12. The van der Waals surface area contributed by atoms with Gasteiger partial charge in [-0.05, 0) is 37.6 Å². The molecule has 25 heavy (non-hydrogen) atoms. The van der Waals surface area contributed by atoms with Gasteiger partial charge >= 0.3 is 0 Å². The predicted molar refractivity (Wildman–Crippen MR) is 98.5 cm³/mol. The first kappa shape index (κ1) is 17.4. The topological polar surface area (TPSA) is 45.6 Å². The van der Waals surface area contributed by atoms with Crippen LogP contribution in [0.1, 0.15) is 28.8 Å². The quantitative estimate of drug-likeness (QED) is 0.810. The highest BCUT2D eigenvalue weighted by molar-refractivity contribution is 5.94. The lowest BCUT2D eigenvalue weighted by molar-refractivity contribution is 0.0726. The van der Waals surface area contributed by atoms with Gasteiger partial charge in [0.05, 0.1) is 0 Å². The van der Waals surface area contributed by atoms with Gasteiger partial charge in [-0.25, -0.2) is 0 Å². The third-order valence-corrected chi connectivity index (χ3v) is 4.74. The molecule has 0 radical (unpaired) electrons. The van der Waals surface area contributed by atoms with Crippen LogP contribution in [-0.2, 0) is 13.6 Å². The van der Waals surface area contributed by atoms with E-state index < -0.39 is 0 Å². The van der Waals surface area contributed by atoms with Crippen LogP contribution in [0.2, 0.25) is 0 Å². The second-order valence-corrected chi connectivity index (χ2v) is 6.63. The van der Waals surface area contributed by atoms with E-state index >= 15 is 0 Å². The Kier molecular flexibility index (Phi) is 5.66. The monoisotopic (exact) mass is 339 g/mol. The van der Waals surface area contributed by atoms with E-state index in [0.717, 1.165) is 25.2 Å². The number of carbonyl (C=O) groups excluding carboxylic acids is 1. The van der Waals surface area contributed by atoms with Crippen LogP contribution >= 0.6 is 0 Å². The number of nitrogens with zero attached hydrogens (tertiary/aromatic N) is 3. The number of benzene rings is 1. The van der Waals surface area contributed by atoms with Gasteiger partial charge in [-0.2, -0.15) is 0 Å². The molecule has 0 aliphatic carbocycles. The Morgan fingerprint density at radius 2 is 1.84 bits per heavy atom. The van der Waals surface area contributed by atoms with Gasteiger partial charge in [0, 0.05) is 44.5 Å². The second kappa shape index (κ2) is 8.12. The number of hydrogen-bond donors (Lipinski definition) is 0. The second-order valence-electron chi connectivity index (χ2n) is 6.63. The number of rotatable bonds is 6. The molecular formula is C20H25N3O2. The van der Waals surface area contributed by atoms with E-state index in [1.54, 1.807) is 19.3 Å². The van der Waals surface area contributed by atoms with Gasteiger partial charge in [0.2, 0.25) is 0 Å². The molecule has 5 heteroatoms. The SMILES string of the molecule is Cn1ccc(C(=O)N(CCN2CCCC2)Cc2ccccc2)cc1=O. The zero-order chi connectivity index (χ0) is 17.6. The van der Waals surface area contributed by atoms with Gasteiger partial charge in [-0.1, -0.05) is 30.3 Å². The summed E-state index contributed by atoms with van der Waals surface area (Å²) in [5.41, 5.74) is 1.40. The van der Waals surface area contributed by atoms with Crippen molar-refractivity contribution in [3.05, 3.63) is 70.1 Å². The summed E-state index contributed by atoms with van der Waals surface area (Å²) in [5, 5.41) is 0. The first-order valence-electron chi connectivity index (χ1n) is 8.86. The molecule has 0 N–H and O–H groups in total. The van der Waals surface area contributed by atoms with E-state index in [0.29, 0.717) is 18.7 Å². The number of aryl methyl sites for hydroxylation is 1. The molecule has 1 fully saturated rings. The van der Waals surface area contributed by atoms with Crippen LogP contribution in [0, 0.1) is 0 Å². The van der Waals surface area contributed by atoms with Crippen molar-refractivity contribution in [3.8, 4) is 0 Å². The molecule has 0 spiro atoms. The molecule has 1 aliphatic heterocycles. The standard InChI is InChI=1S/C20H25N3O2/c1-21-12-9-18(15-19(21)24)20(25)23(14-13-22-10-5-6-11-22)16-17-7-3-2-4-8-17/h2-4,7-9,12,15H,5-6,10-11,13-14,16H2,1H3. The van der Waals surface area contributed by atoms with E-state index in [9.17, 15) is 9.59 Å². The summed E-state index contributed by atoms with van der Waals surface area (Å²) >= 11 is 0. The molecule has 132 valence electrons. The van der Waals surface area contributed by atoms with E-state index in [1.165, 1.54) is 23.5 Å². The summed E-state index contributed by atoms with van der Waals surface area (Å²) in [6, 6.07) is 13.1. The number of pyridine rings is 1. The molecule has 3 rings (SSSR count). The van der Waals surface area contributed by atoms with Crippen LogP contribution < -0.4 is 5.56 Å². The Labute approximate surface area is 148 Å². The molecule has 1 amide bonds. The van der Waals surface area contributed by atoms with E-state index in [1.807, 2.05) is 35.2 Å². The Bertz CT molecular complexity index is 764. The summed E-state index contributed by atoms with van der Waals surface area (Å²) in [4.78, 5) is 29.1. The Morgan fingerprint density at radius 1 is 1.12 bits per heavy atom. The Morgan fingerprint density at radius 3 is 2.52 bits per heavy atom. The van der Waals surface area contributed by atoms with E-state index in [2.05, 4.69) is 4.90 Å². The van der Waals surface area contributed by atoms with E-state index in [4.69, 9.17) is 0 Å². The van der Waals surface area contributed by atoms with Crippen molar-refractivity contribution in [1.82, 2.24) is 14.4 Å². The van der Waals surface area contributed by atoms with Gasteiger partial charge in [0.25, 0.3) is 11.5 Å². The van der Waals surface area contributed by atoms with Crippen LogP contribution in [0.25, 0.3) is 0 Å². The minimum atomic E-state index is -0.162. The molecule has 0 unspecified atom stereocenters. The first-order chi connectivity index (χ1) is 12.1. The molecule has 1 aromatic carbocycles. The lowest BCUT2D eigenvalue weighted by atomic mass is 10.1. The zero-order valence-corrected chi connectivity index (χ0v) is 14.7. The molecule has 2 aromatic rings. The fourth-order valence-electron chi connectivity index (χ4n) is 3.19. The average molecular weight is 339 g/mol. The van der Waals surface area contributed by atoms with Gasteiger partial charge in [0.15, 0.2) is 0 Å². The van der Waals surface area contributed by atoms with Gasteiger partial charge in [-0.15, -0.1) is 0 Å². The van der Waals surface area contributed by atoms with Gasteiger partial charge in [-0.3, -0.25) is 9.59 Å². The number of carbonyl (C=O) groups is 1. The van der Waals surface area contributed by atoms with Crippen molar-refractivity contribution in [2.75, 3.05) is 26.2 Å². The van der Waals surface area contributed by atoms with Crippen LogP contribution in [0.4, 0.5) is 0 Å². The summed E-state index contributed by atoms with van der Waals surface area (Å²) < 4.78 is 1.47. The average Bonchev–Trinajstić information content (AvgIpc) is 3.15. The largest absolute Gasteiger partial charge is 0.333 e. The third-order valence-electron chi connectivity index (χ3n) is 4.74. The fourth-order valence-corrected chi connectivity index (χ4v) is 3.19. The Balaban J connectivity index is 1.76. The van der Waals surface area contributed by atoms with Gasteiger partial charge < -0.3 is 14.4 Å². The zero-order valence-electron chi connectivity index (χ0n) is 14.7. The summed E-state index contributed by atoms with van der Waals surface area (Å²) in [5.74, 6) is -0.0826.